The summed E-state index contributed by atoms with van der Waals surface area (Å²) in [6, 6.07) is 22.2. The van der Waals surface area contributed by atoms with Crippen molar-refractivity contribution in [1.82, 2.24) is 18.7 Å². The molecule has 0 aliphatic rings. The number of aromatic nitrogens is 4. The second-order valence-corrected chi connectivity index (χ2v) is 19.3. The Hall–Kier alpha value is -3.78. The molecular formula is C52H62N4S3. The lowest BCUT2D eigenvalue weighted by Crippen LogP contribution is -1.96. The number of hydrogen-bond donors (Lipinski definition) is 0. The molecule has 308 valence electrons. The lowest BCUT2D eigenvalue weighted by Gasteiger charge is -2.14. The quantitative estimate of drug-likeness (QED) is 0.0346. The van der Waals surface area contributed by atoms with Gasteiger partial charge in [0.25, 0.3) is 0 Å². The van der Waals surface area contributed by atoms with E-state index in [2.05, 4.69) is 85.3 Å². The van der Waals surface area contributed by atoms with E-state index in [0.717, 1.165) is 67.8 Å². The zero-order valence-electron chi connectivity index (χ0n) is 35.5. The molecule has 7 heteroatoms. The predicted octanol–water partition coefficient (Wildman–Crippen LogP) is 17.5. The SMILES string of the molecule is CCCCCCCCCCCCc1csc(-c2c3nsnc3c(-c3cc(CCCCCCCCCCCC)cs3)c3nc4c5ccccc5c5ccccc5c4nc23)c1. The fourth-order valence-electron chi connectivity index (χ4n) is 9.12. The van der Waals surface area contributed by atoms with E-state index in [1.165, 1.54) is 172 Å². The minimum atomic E-state index is 0.935. The average molecular weight is 839 g/mol. The molecule has 0 atom stereocenters. The van der Waals surface area contributed by atoms with Crippen molar-refractivity contribution < 1.29 is 0 Å². The number of aryl methyl sites for hydroxylation is 2. The van der Waals surface area contributed by atoms with E-state index < -0.39 is 0 Å². The highest BCUT2D eigenvalue weighted by Crippen LogP contribution is 2.46. The van der Waals surface area contributed by atoms with Crippen LogP contribution >= 0.6 is 34.4 Å². The van der Waals surface area contributed by atoms with Crippen molar-refractivity contribution in [3.8, 4) is 20.9 Å². The van der Waals surface area contributed by atoms with Gasteiger partial charge in [-0.25, -0.2) is 9.97 Å². The summed E-state index contributed by atoms with van der Waals surface area (Å²) < 4.78 is 10.1. The van der Waals surface area contributed by atoms with Crippen LogP contribution in [0, 0.1) is 0 Å². The van der Waals surface area contributed by atoms with Gasteiger partial charge in [-0.2, -0.15) is 8.75 Å². The van der Waals surface area contributed by atoms with Crippen LogP contribution in [0.5, 0.6) is 0 Å². The third-order valence-corrected chi connectivity index (χ3v) is 14.9. The van der Waals surface area contributed by atoms with Crippen LogP contribution in [0.15, 0.2) is 71.4 Å². The Labute approximate surface area is 364 Å². The molecule has 0 amide bonds. The molecule has 0 aliphatic carbocycles. The van der Waals surface area contributed by atoms with Crippen molar-refractivity contribution in [3.63, 3.8) is 0 Å². The fourth-order valence-corrected chi connectivity index (χ4v) is 11.7. The summed E-state index contributed by atoms with van der Waals surface area (Å²) in [6.07, 6.45) is 29.4. The molecule has 0 aliphatic heterocycles. The van der Waals surface area contributed by atoms with Gasteiger partial charge in [0.2, 0.25) is 0 Å². The molecule has 4 aromatic carbocycles. The lowest BCUT2D eigenvalue weighted by atomic mass is 9.97. The van der Waals surface area contributed by atoms with Crippen molar-refractivity contribution in [2.24, 2.45) is 0 Å². The Morgan fingerprint density at radius 1 is 0.390 bits per heavy atom. The molecule has 0 fully saturated rings. The lowest BCUT2D eigenvalue weighted by molar-refractivity contribution is 0.556. The van der Waals surface area contributed by atoms with Gasteiger partial charge in [-0.15, -0.1) is 22.7 Å². The number of rotatable bonds is 24. The molecule has 0 spiro atoms. The number of unbranched alkanes of at least 4 members (excludes halogenated alkanes) is 18. The summed E-state index contributed by atoms with van der Waals surface area (Å²) >= 11 is 4.97. The van der Waals surface area contributed by atoms with Gasteiger partial charge in [0, 0.05) is 31.7 Å². The second-order valence-electron chi connectivity index (χ2n) is 16.9. The van der Waals surface area contributed by atoms with E-state index in [1.807, 2.05) is 22.7 Å². The monoisotopic (exact) mass is 838 g/mol. The van der Waals surface area contributed by atoms with Crippen molar-refractivity contribution >= 4 is 89.0 Å². The molecular weight excluding hydrogens is 777 g/mol. The van der Waals surface area contributed by atoms with Crippen LogP contribution in [0.1, 0.15) is 153 Å². The summed E-state index contributed by atoms with van der Waals surface area (Å²) in [5.74, 6) is 0. The third kappa shape index (κ3) is 9.90. The average Bonchev–Trinajstić information content (AvgIpc) is 4.06. The van der Waals surface area contributed by atoms with Gasteiger partial charge in [-0.05, 0) is 70.5 Å². The molecule has 0 bridgehead atoms. The maximum Gasteiger partial charge on any atom is 0.116 e. The maximum absolute atomic E-state index is 5.68. The van der Waals surface area contributed by atoms with Gasteiger partial charge in [0.15, 0.2) is 0 Å². The van der Waals surface area contributed by atoms with E-state index in [-0.39, 0.29) is 0 Å². The first-order valence-corrected chi connectivity index (χ1v) is 25.6. The van der Waals surface area contributed by atoms with Crippen LogP contribution in [0.4, 0.5) is 0 Å². The summed E-state index contributed by atoms with van der Waals surface area (Å²) in [7, 11) is 0. The van der Waals surface area contributed by atoms with Crippen LogP contribution in [0.25, 0.3) is 75.5 Å². The first-order chi connectivity index (χ1) is 29.2. The first kappa shape index (κ1) is 41.9. The topological polar surface area (TPSA) is 51.6 Å². The standard InChI is InChI=1S/C52H62N4S3/c1-3-5-7-9-11-13-15-17-19-21-27-37-33-43(57-35-37)45-49-50(54-48-42-32-26-24-30-40(42)39-29-23-25-31-41(39)47(48)53-49)46(52-51(45)55-59-56-52)44-34-38(36-58-44)28-22-20-18-16-14-12-10-8-6-4-2/h23-26,29-36H,3-22,27-28H2,1-2H3. The van der Waals surface area contributed by atoms with Gasteiger partial charge >= 0.3 is 0 Å². The summed E-state index contributed by atoms with van der Waals surface area (Å²) in [4.78, 5) is 13.8. The normalized spacial score (nSPS) is 12.0. The van der Waals surface area contributed by atoms with Gasteiger partial charge < -0.3 is 0 Å². The van der Waals surface area contributed by atoms with Crippen molar-refractivity contribution in [3.05, 3.63) is 82.6 Å². The van der Waals surface area contributed by atoms with Crippen molar-refractivity contribution in [2.75, 3.05) is 0 Å². The van der Waals surface area contributed by atoms with E-state index in [0.29, 0.717) is 0 Å². The zero-order chi connectivity index (χ0) is 40.2. The van der Waals surface area contributed by atoms with Gasteiger partial charge in [-0.3, -0.25) is 0 Å². The van der Waals surface area contributed by atoms with Gasteiger partial charge in [0.1, 0.15) is 22.1 Å². The van der Waals surface area contributed by atoms with Crippen LogP contribution in [0.3, 0.4) is 0 Å². The molecule has 0 radical (unpaired) electrons. The van der Waals surface area contributed by atoms with Gasteiger partial charge in [-0.1, -0.05) is 178 Å². The molecule has 0 saturated carbocycles. The predicted molar refractivity (Wildman–Crippen MR) is 261 cm³/mol. The Morgan fingerprint density at radius 3 is 1.14 bits per heavy atom. The van der Waals surface area contributed by atoms with Crippen LogP contribution in [0.2, 0.25) is 0 Å². The Bertz CT molecular complexity index is 2400. The maximum atomic E-state index is 5.68. The molecule has 4 nitrogen and oxygen atoms in total. The molecule has 8 rings (SSSR count). The largest absolute Gasteiger partial charge is 0.243 e. The Morgan fingerprint density at radius 2 is 0.746 bits per heavy atom. The van der Waals surface area contributed by atoms with E-state index in [1.54, 1.807) is 0 Å². The number of fused-ring (bicyclic) bond motifs is 8. The minimum Gasteiger partial charge on any atom is -0.243 e. The molecule has 4 heterocycles. The number of thiophene rings is 2. The number of hydrogen-bond acceptors (Lipinski definition) is 7. The van der Waals surface area contributed by atoms with Crippen molar-refractivity contribution in [1.29, 1.82) is 0 Å². The minimum absolute atomic E-state index is 0.935. The van der Waals surface area contributed by atoms with E-state index in [4.69, 9.17) is 18.7 Å². The second kappa shape index (κ2) is 21.1. The molecule has 59 heavy (non-hydrogen) atoms. The van der Waals surface area contributed by atoms with Crippen LogP contribution < -0.4 is 0 Å². The zero-order valence-corrected chi connectivity index (χ0v) is 37.9. The molecule has 0 unspecified atom stereocenters. The highest BCUT2D eigenvalue weighted by Gasteiger charge is 2.25. The Balaban J connectivity index is 1.10. The van der Waals surface area contributed by atoms with E-state index >= 15 is 0 Å². The molecule has 0 N–H and O–H groups in total. The summed E-state index contributed by atoms with van der Waals surface area (Å²) in [5.41, 5.74) is 10.7. The number of nitrogens with zero attached hydrogens (tertiary/aromatic N) is 4. The highest BCUT2D eigenvalue weighted by atomic mass is 32.1. The molecule has 0 saturated heterocycles. The van der Waals surface area contributed by atoms with Crippen LogP contribution in [-0.4, -0.2) is 18.7 Å². The van der Waals surface area contributed by atoms with Crippen molar-refractivity contribution in [2.45, 2.75) is 155 Å². The Kier molecular flexibility index (Phi) is 15.0. The fraction of sp³-hybridized carbons (Fsp3) is 0.462. The van der Waals surface area contributed by atoms with E-state index in [9.17, 15) is 0 Å². The first-order valence-electron chi connectivity index (χ1n) is 23.1. The van der Waals surface area contributed by atoms with Gasteiger partial charge in [0.05, 0.1) is 22.8 Å². The summed E-state index contributed by atoms with van der Waals surface area (Å²) in [5, 5.41) is 9.44. The third-order valence-electron chi connectivity index (χ3n) is 12.4. The molecule has 4 aromatic heterocycles. The molecule has 8 aromatic rings. The highest BCUT2D eigenvalue weighted by molar-refractivity contribution is 7.14. The summed E-state index contributed by atoms with van der Waals surface area (Å²) in [6.45, 7) is 4.59. The smallest absolute Gasteiger partial charge is 0.116 e. The van der Waals surface area contributed by atoms with Crippen LogP contribution in [-0.2, 0) is 12.8 Å². The number of benzene rings is 4.